The van der Waals surface area contributed by atoms with Crippen molar-refractivity contribution in [2.45, 2.75) is 52.0 Å². The molecule has 0 aliphatic rings. The SMILES string of the molecule is CC(C)(C)c1nnnn1CC(C)(C)c1cn[nH]n1. The first-order valence-corrected chi connectivity index (χ1v) is 5.93. The van der Waals surface area contributed by atoms with Crippen molar-refractivity contribution >= 4 is 0 Å². The van der Waals surface area contributed by atoms with Crippen LogP contribution in [0.3, 0.4) is 0 Å². The van der Waals surface area contributed by atoms with Crippen molar-refractivity contribution in [2.75, 3.05) is 0 Å². The molecule has 0 atom stereocenters. The van der Waals surface area contributed by atoms with E-state index in [2.05, 4.69) is 65.6 Å². The van der Waals surface area contributed by atoms with Gasteiger partial charge in [-0.1, -0.05) is 34.6 Å². The van der Waals surface area contributed by atoms with Crippen LogP contribution in [-0.4, -0.2) is 35.6 Å². The normalized spacial score (nSPS) is 12.9. The highest BCUT2D eigenvalue weighted by atomic mass is 15.5. The summed E-state index contributed by atoms with van der Waals surface area (Å²) in [6.07, 6.45) is 1.74. The van der Waals surface area contributed by atoms with E-state index in [-0.39, 0.29) is 10.8 Å². The molecule has 2 rings (SSSR count). The van der Waals surface area contributed by atoms with Crippen LogP contribution >= 0.6 is 0 Å². The molecule has 1 N–H and O–H groups in total. The molecule has 7 heteroatoms. The van der Waals surface area contributed by atoms with Gasteiger partial charge in [-0.15, -0.1) is 5.10 Å². The molecule has 98 valence electrons. The Morgan fingerprint density at radius 1 is 1.22 bits per heavy atom. The Balaban J connectivity index is 2.28. The summed E-state index contributed by atoms with van der Waals surface area (Å²) in [5.74, 6) is 0.874. The van der Waals surface area contributed by atoms with Crippen LogP contribution < -0.4 is 0 Å². The lowest BCUT2D eigenvalue weighted by Gasteiger charge is -2.24. The number of H-pyrrole nitrogens is 1. The third-order valence-electron chi connectivity index (χ3n) is 2.86. The largest absolute Gasteiger partial charge is 0.228 e. The van der Waals surface area contributed by atoms with Crippen LogP contribution in [0.5, 0.6) is 0 Å². The van der Waals surface area contributed by atoms with E-state index in [1.54, 1.807) is 6.20 Å². The molecule has 0 aliphatic carbocycles. The summed E-state index contributed by atoms with van der Waals surface area (Å²) >= 11 is 0. The molecule has 0 radical (unpaired) electrons. The average Bonchev–Trinajstić information content (AvgIpc) is 2.83. The van der Waals surface area contributed by atoms with Crippen molar-refractivity contribution in [3.05, 3.63) is 17.7 Å². The highest BCUT2D eigenvalue weighted by molar-refractivity contribution is 5.09. The van der Waals surface area contributed by atoms with Gasteiger partial charge in [0, 0.05) is 10.8 Å². The van der Waals surface area contributed by atoms with Crippen LogP contribution in [0.1, 0.15) is 46.1 Å². The molecule has 0 saturated carbocycles. The Morgan fingerprint density at radius 2 is 1.94 bits per heavy atom. The maximum absolute atomic E-state index is 4.14. The fourth-order valence-electron chi connectivity index (χ4n) is 1.83. The zero-order valence-electron chi connectivity index (χ0n) is 11.5. The lowest BCUT2D eigenvalue weighted by atomic mass is 9.89. The highest BCUT2D eigenvalue weighted by Gasteiger charge is 2.29. The fraction of sp³-hybridized carbons (Fsp3) is 0.727. The maximum Gasteiger partial charge on any atom is 0.156 e. The monoisotopic (exact) mass is 249 g/mol. The standard InChI is InChI=1S/C11H19N7/c1-10(2,3)9-14-16-17-18(9)7-11(4,5)8-6-12-15-13-8/h6H,7H2,1-5H3,(H,12,13,15). The fourth-order valence-corrected chi connectivity index (χ4v) is 1.83. The Labute approximate surface area is 106 Å². The minimum absolute atomic E-state index is 0.0800. The van der Waals surface area contributed by atoms with E-state index in [1.165, 1.54) is 0 Å². The summed E-state index contributed by atoms with van der Waals surface area (Å²) < 4.78 is 1.84. The molecule has 2 aromatic heterocycles. The van der Waals surface area contributed by atoms with Gasteiger partial charge in [0.05, 0.1) is 18.4 Å². The number of aromatic nitrogens is 7. The maximum atomic E-state index is 4.14. The Morgan fingerprint density at radius 3 is 2.50 bits per heavy atom. The molecule has 7 nitrogen and oxygen atoms in total. The predicted octanol–water partition coefficient (Wildman–Crippen LogP) is 1.07. The number of rotatable bonds is 3. The molecule has 0 unspecified atom stereocenters. The Hall–Kier alpha value is -1.79. The van der Waals surface area contributed by atoms with Crippen molar-refractivity contribution < 1.29 is 0 Å². The van der Waals surface area contributed by atoms with E-state index in [0.717, 1.165) is 11.5 Å². The van der Waals surface area contributed by atoms with Gasteiger partial charge in [0.2, 0.25) is 0 Å². The van der Waals surface area contributed by atoms with Crippen molar-refractivity contribution in [2.24, 2.45) is 0 Å². The van der Waals surface area contributed by atoms with E-state index >= 15 is 0 Å². The zero-order valence-corrected chi connectivity index (χ0v) is 11.5. The van der Waals surface area contributed by atoms with Gasteiger partial charge in [0.15, 0.2) is 5.82 Å². The van der Waals surface area contributed by atoms with Crippen molar-refractivity contribution in [1.29, 1.82) is 0 Å². The number of tetrazole rings is 1. The Kier molecular flexibility index (Phi) is 2.92. The van der Waals surface area contributed by atoms with E-state index < -0.39 is 0 Å². The molecular weight excluding hydrogens is 230 g/mol. The number of nitrogens with one attached hydrogen (secondary N) is 1. The second-order valence-electron chi connectivity index (χ2n) is 6.15. The van der Waals surface area contributed by atoms with Gasteiger partial charge < -0.3 is 0 Å². The molecular formula is C11H19N7. The summed E-state index contributed by atoms with van der Waals surface area (Å²) in [6.45, 7) is 11.1. The Bertz CT molecular complexity index is 504. The van der Waals surface area contributed by atoms with Crippen LogP contribution in [-0.2, 0) is 17.4 Å². The third kappa shape index (κ3) is 2.39. The van der Waals surface area contributed by atoms with Gasteiger partial charge in [-0.25, -0.2) is 4.68 Å². The molecule has 0 bridgehead atoms. The molecule has 0 spiro atoms. The first kappa shape index (κ1) is 12.7. The van der Waals surface area contributed by atoms with Gasteiger partial charge in [0.1, 0.15) is 0 Å². The molecule has 0 fully saturated rings. The molecule has 2 heterocycles. The molecule has 2 aromatic rings. The lowest BCUT2D eigenvalue weighted by molar-refractivity contribution is 0.364. The first-order valence-electron chi connectivity index (χ1n) is 5.93. The summed E-state index contributed by atoms with van der Waals surface area (Å²) in [4.78, 5) is 0. The first-order chi connectivity index (χ1) is 8.31. The van der Waals surface area contributed by atoms with Crippen LogP contribution in [0.2, 0.25) is 0 Å². The number of nitrogens with zero attached hydrogens (tertiary/aromatic N) is 6. The van der Waals surface area contributed by atoms with Gasteiger partial charge in [-0.3, -0.25) is 0 Å². The van der Waals surface area contributed by atoms with E-state index in [0.29, 0.717) is 6.54 Å². The second kappa shape index (κ2) is 4.15. The summed E-state index contributed by atoms with van der Waals surface area (Å²) in [7, 11) is 0. The zero-order chi connectivity index (χ0) is 13.4. The smallest absolute Gasteiger partial charge is 0.156 e. The van der Waals surface area contributed by atoms with Crippen LogP contribution in [0, 0.1) is 0 Å². The van der Waals surface area contributed by atoms with Crippen LogP contribution in [0.15, 0.2) is 6.20 Å². The van der Waals surface area contributed by atoms with Gasteiger partial charge in [-0.2, -0.15) is 15.4 Å². The van der Waals surface area contributed by atoms with E-state index in [1.807, 2.05) is 4.68 Å². The summed E-state index contributed by atoms with van der Waals surface area (Å²) in [5.41, 5.74) is 0.643. The molecule has 18 heavy (non-hydrogen) atoms. The van der Waals surface area contributed by atoms with Crippen LogP contribution in [0.25, 0.3) is 0 Å². The molecule has 0 amide bonds. The van der Waals surface area contributed by atoms with Crippen LogP contribution in [0.4, 0.5) is 0 Å². The van der Waals surface area contributed by atoms with Crippen molar-refractivity contribution in [3.63, 3.8) is 0 Å². The van der Waals surface area contributed by atoms with Gasteiger partial charge in [0.25, 0.3) is 0 Å². The van der Waals surface area contributed by atoms with E-state index in [4.69, 9.17) is 0 Å². The van der Waals surface area contributed by atoms with Gasteiger partial charge >= 0.3 is 0 Å². The average molecular weight is 249 g/mol. The minimum atomic E-state index is -0.178. The number of hydrogen-bond donors (Lipinski definition) is 1. The lowest BCUT2D eigenvalue weighted by Crippen LogP contribution is -2.29. The topological polar surface area (TPSA) is 85.2 Å². The predicted molar refractivity (Wildman–Crippen MR) is 65.9 cm³/mol. The second-order valence-corrected chi connectivity index (χ2v) is 6.15. The molecule has 0 aliphatic heterocycles. The minimum Gasteiger partial charge on any atom is -0.228 e. The molecule has 0 saturated heterocycles. The van der Waals surface area contributed by atoms with Gasteiger partial charge in [-0.05, 0) is 10.4 Å². The summed E-state index contributed by atoms with van der Waals surface area (Å²) in [5, 5.41) is 22.6. The van der Waals surface area contributed by atoms with Crippen molar-refractivity contribution in [3.8, 4) is 0 Å². The molecule has 0 aromatic carbocycles. The quantitative estimate of drug-likeness (QED) is 0.879. The number of aromatic amines is 1. The number of hydrogen-bond acceptors (Lipinski definition) is 5. The van der Waals surface area contributed by atoms with E-state index in [9.17, 15) is 0 Å². The van der Waals surface area contributed by atoms with Crippen molar-refractivity contribution in [1.82, 2.24) is 35.6 Å². The third-order valence-corrected chi connectivity index (χ3v) is 2.86. The summed E-state index contributed by atoms with van der Waals surface area (Å²) in [6, 6.07) is 0. The highest BCUT2D eigenvalue weighted by Crippen LogP contribution is 2.25.